The molecule has 0 aliphatic rings. The van der Waals surface area contributed by atoms with Crippen molar-refractivity contribution >= 4 is 18.3 Å². The number of nitrogens with zero attached hydrogens (tertiary/aromatic N) is 2. The van der Waals surface area contributed by atoms with Crippen LogP contribution in [0, 0.1) is 5.82 Å². The zero-order valence-electron chi connectivity index (χ0n) is 15.4. The summed E-state index contributed by atoms with van der Waals surface area (Å²) in [5, 5.41) is 10.0. The van der Waals surface area contributed by atoms with E-state index in [0.717, 1.165) is 25.1 Å². The molecule has 28 heavy (non-hydrogen) atoms. The molecule has 1 amide bonds. The Kier molecular flexibility index (Phi) is 8.10. The molecule has 0 radical (unpaired) electrons. The van der Waals surface area contributed by atoms with Crippen molar-refractivity contribution in [1.82, 2.24) is 20.8 Å². The van der Waals surface area contributed by atoms with E-state index in [2.05, 4.69) is 27.7 Å². The quantitative estimate of drug-likeness (QED) is 0.559. The van der Waals surface area contributed by atoms with Gasteiger partial charge in [0.25, 0.3) is 11.8 Å². The summed E-state index contributed by atoms with van der Waals surface area (Å²) >= 11 is 0. The fourth-order valence-electron chi connectivity index (χ4n) is 2.49. The van der Waals surface area contributed by atoms with Gasteiger partial charge in [0, 0.05) is 29.8 Å². The number of nitrogens with one attached hydrogen (secondary N) is 2. The molecular weight excluding hydrogens is 383 g/mol. The third kappa shape index (κ3) is 5.61. The molecule has 8 heteroatoms. The Morgan fingerprint density at radius 2 is 1.68 bits per heavy atom. The molecule has 2 N–H and O–H groups in total. The summed E-state index contributed by atoms with van der Waals surface area (Å²) in [5.41, 5.74) is 1.94. The van der Waals surface area contributed by atoms with Crippen molar-refractivity contribution < 1.29 is 13.7 Å². The number of carbonyl (C=O) groups excluding carboxylic acids is 1. The van der Waals surface area contributed by atoms with Crippen LogP contribution in [0.5, 0.6) is 0 Å². The second-order valence-electron chi connectivity index (χ2n) is 6.01. The van der Waals surface area contributed by atoms with Gasteiger partial charge < -0.3 is 15.2 Å². The molecular formula is C20H22ClFN4O2. The monoisotopic (exact) mass is 404 g/mol. The summed E-state index contributed by atoms with van der Waals surface area (Å²) < 4.78 is 18.2. The van der Waals surface area contributed by atoms with Crippen LogP contribution in [0.15, 0.2) is 53.1 Å². The largest absolute Gasteiger partial charge is 0.351 e. The molecule has 2 aromatic carbocycles. The first-order chi connectivity index (χ1) is 13.2. The minimum absolute atomic E-state index is 0. The Hall–Kier alpha value is -2.77. The van der Waals surface area contributed by atoms with Crippen LogP contribution in [0.3, 0.4) is 0 Å². The molecule has 148 valence electrons. The van der Waals surface area contributed by atoms with Gasteiger partial charge in [-0.3, -0.25) is 4.79 Å². The Balaban J connectivity index is 0.00000280. The number of carbonyl (C=O) groups is 1. The van der Waals surface area contributed by atoms with Gasteiger partial charge in [-0.25, -0.2) is 4.39 Å². The first-order valence-corrected chi connectivity index (χ1v) is 8.86. The lowest BCUT2D eigenvalue weighted by Gasteiger charge is -2.06. The highest BCUT2D eigenvalue weighted by molar-refractivity contribution is 5.94. The maximum Gasteiger partial charge on any atom is 0.258 e. The van der Waals surface area contributed by atoms with Gasteiger partial charge in [-0.15, -0.1) is 12.4 Å². The van der Waals surface area contributed by atoms with Gasteiger partial charge in [0.15, 0.2) is 0 Å². The smallest absolute Gasteiger partial charge is 0.258 e. The van der Waals surface area contributed by atoms with Crippen LogP contribution in [0.4, 0.5) is 4.39 Å². The summed E-state index contributed by atoms with van der Waals surface area (Å²) in [6, 6.07) is 12.8. The molecule has 1 aromatic heterocycles. The molecule has 0 aliphatic carbocycles. The Bertz CT molecular complexity index is 882. The third-order valence-electron chi connectivity index (χ3n) is 3.94. The maximum atomic E-state index is 13.0. The number of benzene rings is 2. The minimum atomic E-state index is -0.325. The summed E-state index contributed by atoms with van der Waals surface area (Å²) in [5.74, 6) is 0.268. The normalized spacial score (nSPS) is 10.4. The molecule has 0 atom stereocenters. The summed E-state index contributed by atoms with van der Waals surface area (Å²) in [6.45, 7) is 4.35. The fourth-order valence-corrected chi connectivity index (χ4v) is 2.49. The van der Waals surface area contributed by atoms with Gasteiger partial charge in [-0.05, 0) is 49.4 Å². The van der Waals surface area contributed by atoms with E-state index in [1.54, 1.807) is 36.4 Å². The van der Waals surface area contributed by atoms with Crippen molar-refractivity contribution in [3.8, 4) is 22.8 Å². The molecule has 6 nitrogen and oxygen atoms in total. The fraction of sp³-hybridized carbons (Fsp3) is 0.250. The summed E-state index contributed by atoms with van der Waals surface area (Å²) in [7, 11) is 0. The van der Waals surface area contributed by atoms with E-state index in [1.165, 1.54) is 12.1 Å². The van der Waals surface area contributed by atoms with Gasteiger partial charge in [-0.1, -0.05) is 24.2 Å². The maximum absolute atomic E-state index is 13.0. The molecule has 0 saturated heterocycles. The minimum Gasteiger partial charge on any atom is -0.351 e. The van der Waals surface area contributed by atoms with Crippen LogP contribution in [0.1, 0.15) is 23.7 Å². The molecule has 1 heterocycles. The van der Waals surface area contributed by atoms with E-state index in [1.807, 2.05) is 0 Å². The number of amides is 1. The Morgan fingerprint density at radius 1 is 1.00 bits per heavy atom. The second kappa shape index (κ2) is 10.5. The van der Waals surface area contributed by atoms with Crippen molar-refractivity contribution in [2.75, 3.05) is 19.6 Å². The third-order valence-corrected chi connectivity index (χ3v) is 3.94. The van der Waals surface area contributed by atoms with Crippen LogP contribution in [0.25, 0.3) is 22.8 Å². The lowest BCUT2D eigenvalue weighted by molar-refractivity contribution is 0.0954. The molecule has 0 fully saturated rings. The van der Waals surface area contributed by atoms with Crippen molar-refractivity contribution in [3.05, 3.63) is 59.9 Å². The van der Waals surface area contributed by atoms with Crippen molar-refractivity contribution in [1.29, 1.82) is 0 Å². The average Bonchev–Trinajstić information content (AvgIpc) is 3.18. The first kappa shape index (κ1) is 21.5. The van der Waals surface area contributed by atoms with Crippen LogP contribution in [-0.4, -0.2) is 35.7 Å². The van der Waals surface area contributed by atoms with Crippen molar-refractivity contribution in [3.63, 3.8) is 0 Å². The molecule has 3 rings (SSSR count). The van der Waals surface area contributed by atoms with Gasteiger partial charge in [0.1, 0.15) is 5.82 Å². The second-order valence-corrected chi connectivity index (χ2v) is 6.01. The number of halogens is 2. The predicted octanol–water partition coefficient (Wildman–Crippen LogP) is 3.69. The Labute approximate surface area is 169 Å². The SMILES string of the molecule is CCCNCCNC(=O)c1ccc(-c2noc(-c3ccc(F)cc3)n2)cc1.Cl. The van der Waals surface area contributed by atoms with Gasteiger partial charge in [-0.2, -0.15) is 4.98 Å². The highest BCUT2D eigenvalue weighted by atomic mass is 35.5. The van der Waals surface area contributed by atoms with Crippen LogP contribution in [-0.2, 0) is 0 Å². The first-order valence-electron chi connectivity index (χ1n) is 8.86. The van der Waals surface area contributed by atoms with E-state index in [0.29, 0.717) is 29.4 Å². The van der Waals surface area contributed by atoms with Crippen molar-refractivity contribution in [2.45, 2.75) is 13.3 Å². The van der Waals surface area contributed by atoms with Gasteiger partial charge in [0.05, 0.1) is 0 Å². The van der Waals surface area contributed by atoms with E-state index in [9.17, 15) is 9.18 Å². The molecule has 0 unspecified atom stereocenters. The molecule has 0 saturated carbocycles. The van der Waals surface area contributed by atoms with Gasteiger partial charge >= 0.3 is 0 Å². The number of rotatable bonds is 8. The number of hydrogen-bond acceptors (Lipinski definition) is 5. The Morgan fingerprint density at radius 3 is 2.36 bits per heavy atom. The molecule has 0 spiro atoms. The van der Waals surface area contributed by atoms with Crippen LogP contribution >= 0.6 is 12.4 Å². The van der Waals surface area contributed by atoms with E-state index in [-0.39, 0.29) is 24.1 Å². The highest BCUT2D eigenvalue weighted by Gasteiger charge is 2.12. The van der Waals surface area contributed by atoms with Gasteiger partial charge in [0.2, 0.25) is 5.82 Å². The zero-order chi connectivity index (χ0) is 19.1. The van der Waals surface area contributed by atoms with E-state index < -0.39 is 0 Å². The number of hydrogen-bond donors (Lipinski definition) is 2. The topological polar surface area (TPSA) is 80.0 Å². The standard InChI is InChI=1S/C20H21FN4O2.ClH/c1-2-11-22-12-13-23-19(26)15-5-3-14(4-6-15)18-24-20(27-25-18)16-7-9-17(21)10-8-16;/h3-10,22H,2,11-13H2,1H3,(H,23,26);1H. The van der Waals surface area contributed by atoms with Crippen LogP contribution < -0.4 is 10.6 Å². The van der Waals surface area contributed by atoms with E-state index >= 15 is 0 Å². The average molecular weight is 405 g/mol. The lowest BCUT2D eigenvalue weighted by Crippen LogP contribution is -2.32. The summed E-state index contributed by atoms with van der Waals surface area (Å²) in [6.07, 6.45) is 1.06. The zero-order valence-corrected chi connectivity index (χ0v) is 16.3. The van der Waals surface area contributed by atoms with Crippen molar-refractivity contribution in [2.24, 2.45) is 0 Å². The molecule has 0 aliphatic heterocycles. The lowest BCUT2D eigenvalue weighted by atomic mass is 10.1. The van der Waals surface area contributed by atoms with E-state index in [4.69, 9.17) is 4.52 Å². The highest BCUT2D eigenvalue weighted by Crippen LogP contribution is 2.22. The molecule has 0 bridgehead atoms. The molecule has 3 aromatic rings. The predicted molar refractivity (Wildman–Crippen MR) is 108 cm³/mol. The summed E-state index contributed by atoms with van der Waals surface area (Å²) in [4.78, 5) is 16.4. The van der Waals surface area contributed by atoms with Crippen LogP contribution in [0.2, 0.25) is 0 Å². The number of aromatic nitrogens is 2.